The van der Waals surface area contributed by atoms with E-state index in [0.717, 1.165) is 44.9 Å². The van der Waals surface area contributed by atoms with Crippen LogP contribution in [0, 0.1) is 28.6 Å². The van der Waals surface area contributed by atoms with Crippen LogP contribution in [-0.4, -0.2) is 23.6 Å². The lowest BCUT2D eigenvalue weighted by Crippen LogP contribution is -2.52. The number of Topliss-reactive ketones (excluding diaryl/α,β-unsaturated/α-hetero) is 1. The summed E-state index contributed by atoms with van der Waals surface area (Å²) in [6.45, 7) is 8.03. The third-order valence-corrected chi connectivity index (χ3v) is 9.07. The lowest BCUT2D eigenvalue weighted by molar-refractivity contribution is -0.154. The van der Waals surface area contributed by atoms with Gasteiger partial charge in [-0.2, -0.15) is 0 Å². The minimum absolute atomic E-state index is 0.0483. The standard InChI is InChI=1S/C26H36O4/c1-5-6-20(30-17(3)27)15-26-12-11-22-21(23(26)9-10-24(26)29)8-7-18-14-19(28)13-16(2)25(18,22)4/h13-14,20-23H,5-12,15H2,1-4H3/t20?,21-,22+,23+,25+,26-/m1/s1. The summed E-state index contributed by atoms with van der Waals surface area (Å²) in [6, 6.07) is 0. The van der Waals surface area contributed by atoms with Gasteiger partial charge in [-0.3, -0.25) is 14.4 Å². The molecule has 0 saturated heterocycles. The zero-order chi connectivity index (χ0) is 21.7. The summed E-state index contributed by atoms with van der Waals surface area (Å²) in [5, 5.41) is 0. The topological polar surface area (TPSA) is 60.4 Å². The third kappa shape index (κ3) is 3.22. The zero-order valence-electron chi connectivity index (χ0n) is 19.0. The normalized spacial score (nSPS) is 38.7. The van der Waals surface area contributed by atoms with Gasteiger partial charge in [-0.25, -0.2) is 0 Å². The Morgan fingerprint density at radius 2 is 1.93 bits per heavy atom. The lowest BCUT2D eigenvalue weighted by atomic mass is 9.46. The first kappa shape index (κ1) is 21.5. The number of rotatable bonds is 5. The molecule has 164 valence electrons. The smallest absolute Gasteiger partial charge is 0.302 e. The van der Waals surface area contributed by atoms with E-state index in [1.54, 1.807) is 0 Å². The minimum atomic E-state index is -0.323. The third-order valence-electron chi connectivity index (χ3n) is 9.07. The summed E-state index contributed by atoms with van der Waals surface area (Å²) in [5.74, 6) is 1.66. The zero-order valence-corrected chi connectivity index (χ0v) is 19.0. The molecule has 0 aromatic heterocycles. The van der Waals surface area contributed by atoms with Gasteiger partial charge < -0.3 is 4.74 Å². The number of allylic oxidation sites excluding steroid dienone is 4. The maximum atomic E-state index is 13.3. The van der Waals surface area contributed by atoms with Gasteiger partial charge >= 0.3 is 5.97 Å². The number of ketones is 2. The van der Waals surface area contributed by atoms with Gasteiger partial charge in [0.15, 0.2) is 5.78 Å². The number of hydrogen-bond donors (Lipinski definition) is 0. The molecule has 0 heterocycles. The van der Waals surface area contributed by atoms with Crippen molar-refractivity contribution in [3.63, 3.8) is 0 Å². The van der Waals surface area contributed by atoms with Crippen LogP contribution < -0.4 is 0 Å². The van der Waals surface area contributed by atoms with Crippen molar-refractivity contribution in [1.82, 2.24) is 0 Å². The molecule has 1 unspecified atom stereocenters. The highest BCUT2D eigenvalue weighted by Gasteiger charge is 2.61. The minimum Gasteiger partial charge on any atom is -0.463 e. The SMILES string of the molecule is CCCC(C[C@]12CC[C@H]3[C@@H](CCC4=CC(=O)C=C(C)[C@@]43C)[C@@H]1CCC2=O)OC(C)=O. The van der Waals surface area contributed by atoms with Crippen molar-refractivity contribution < 1.29 is 19.1 Å². The van der Waals surface area contributed by atoms with Crippen LogP contribution in [-0.2, 0) is 19.1 Å². The van der Waals surface area contributed by atoms with Crippen LogP contribution in [0.25, 0.3) is 0 Å². The molecule has 4 heteroatoms. The Hall–Kier alpha value is -1.71. The molecule has 0 bridgehead atoms. The monoisotopic (exact) mass is 412 g/mol. The number of esters is 1. The average Bonchev–Trinajstić information content (AvgIpc) is 2.99. The fourth-order valence-corrected chi connectivity index (χ4v) is 7.69. The van der Waals surface area contributed by atoms with Crippen molar-refractivity contribution in [1.29, 1.82) is 0 Å². The van der Waals surface area contributed by atoms with Crippen molar-refractivity contribution in [3.8, 4) is 0 Å². The number of carbonyl (C=O) groups is 3. The van der Waals surface area contributed by atoms with Gasteiger partial charge in [0.1, 0.15) is 11.9 Å². The van der Waals surface area contributed by atoms with Crippen molar-refractivity contribution >= 4 is 17.5 Å². The fraction of sp³-hybridized carbons (Fsp3) is 0.731. The van der Waals surface area contributed by atoms with Gasteiger partial charge in [0.05, 0.1) is 0 Å². The van der Waals surface area contributed by atoms with Gasteiger partial charge in [0.2, 0.25) is 0 Å². The van der Waals surface area contributed by atoms with Crippen molar-refractivity contribution in [2.24, 2.45) is 28.6 Å². The first-order valence-corrected chi connectivity index (χ1v) is 11.9. The highest BCUT2D eigenvalue weighted by atomic mass is 16.5. The maximum Gasteiger partial charge on any atom is 0.302 e. The van der Waals surface area contributed by atoms with Crippen molar-refractivity contribution in [2.75, 3.05) is 0 Å². The van der Waals surface area contributed by atoms with E-state index < -0.39 is 0 Å². The molecule has 0 aromatic rings. The van der Waals surface area contributed by atoms with E-state index >= 15 is 0 Å². The molecular weight excluding hydrogens is 376 g/mol. The van der Waals surface area contributed by atoms with Gasteiger partial charge in [0, 0.05) is 24.2 Å². The molecule has 0 spiro atoms. The molecule has 0 radical (unpaired) electrons. The van der Waals surface area contributed by atoms with Gasteiger partial charge in [-0.15, -0.1) is 0 Å². The molecule has 4 aliphatic carbocycles. The highest BCUT2D eigenvalue weighted by Crippen LogP contribution is 2.66. The highest BCUT2D eigenvalue weighted by molar-refractivity contribution is 6.02. The molecule has 0 N–H and O–H groups in total. The summed E-state index contributed by atoms with van der Waals surface area (Å²) in [5.41, 5.74) is 2.12. The van der Waals surface area contributed by atoms with E-state index in [-0.39, 0.29) is 28.7 Å². The molecule has 4 rings (SSSR count). The van der Waals surface area contributed by atoms with E-state index in [2.05, 4.69) is 20.8 Å². The largest absolute Gasteiger partial charge is 0.463 e. The molecular formula is C26H36O4. The quantitative estimate of drug-likeness (QED) is 0.571. The van der Waals surface area contributed by atoms with E-state index in [9.17, 15) is 14.4 Å². The Bertz CT molecular complexity index is 821. The molecule has 0 aliphatic heterocycles. The van der Waals surface area contributed by atoms with Crippen LogP contribution >= 0.6 is 0 Å². The Morgan fingerprint density at radius 3 is 2.63 bits per heavy atom. The van der Waals surface area contributed by atoms with Gasteiger partial charge in [-0.1, -0.05) is 31.4 Å². The van der Waals surface area contributed by atoms with E-state index in [1.165, 1.54) is 18.1 Å². The van der Waals surface area contributed by atoms with Crippen LogP contribution in [0.4, 0.5) is 0 Å². The number of ether oxygens (including phenoxy) is 1. The van der Waals surface area contributed by atoms with Crippen LogP contribution in [0.5, 0.6) is 0 Å². The molecule has 0 aromatic carbocycles. The maximum absolute atomic E-state index is 13.3. The van der Waals surface area contributed by atoms with Crippen molar-refractivity contribution in [2.45, 2.75) is 91.6 Å². The van der Waals surface area contributed by atoms with Gasteiger partial charge in [0.25, 0.3) is 0 Å². The molecule has 4 aliphatic rings. The van der Waals surface area contributed by atoms with Crippen molar-refractivity contribution in [3.05, 3.63) is 23.3 Å². The Morgan fingerprint density at radius 1 is 1.17 bits per heavy atom. The number of fused-ring (bicyclic) bond motifs is 5. The Kier molecular flexibility index (Phi) is 5.57. The second-order valence-corrected chi connectivity index (χ2v) is 10.4. The van der Waals surface area contributed by atoms with E-state index in [1.807, 2.05) is 12.2 Å². The summed E-state index contributed by atoms with van der Waals surface area (Å²) in [4.78, 5) is 37.1. The molecule has 6 atom stereocenters. The molecule has 0 amide bonds. The first-order chi connectivity index (χ1) is 14.2. The van der Waals surface area contributed by atoms with Gasteiger partial charge in [-0.05, 0) is 81.8 Å². The molecule has 3 fully saturated rings. The summed E-state index contributed by atoms with van der Waals surface area (Å²) >= 11 is 0. The van der Waals surface area contributed by atoms with E-state index in [0.29, 0.717) is 36.4 Å². The Balaban J connectivity index is 1.65. The van der Waals surface area contributed by atoms with E-state index in [4.69, 9.17) is 4.74 Å². The second-order valence-electron chi connectivity index (χ2n) is 10.4. The molecule has 4 nitrogen and oxygen atoms in total. The summed E-state index contributed by atoms with van der Waals surface area (Å²) < 4.78 is 5.67. The fourth-order valence-electron chi connectivity index (χ4n) is 7.69. The van der Waals surface area contributed by atoms with Crippen LogP contribution in [0.2, 0.25) is 0 Å². The molecule has 3 saturated carbocycles. The molecule has 30 heavy (non-hydrogen) atoms. The number of carbonyl (C=O) groups excluding carboxylic acids is 3. The summed E-state index contributed by atoms with van der Waals surface area (Å²) in [7, 11) is 0. The lowest BCUT2D eigenvalue weighted by Gasteiger charge is -2.57. The van der Waals surface area contributed by atoms with Crippen LogP contribution in [0.1, 0.15) is 85.5 Å². The number of hydrogen-bond acceptors (Lipinski definition) is 4. The predicted octanol–water partition coefficient (Wildman–Crippen LogP) is 5.36. The van der Waals surface area contributed by atoms with Crippen LogP contribution in [0.3, 0.4) is 0 Å². The summed E-state index contributed by atoms with van der Waals surface area (Å²) in [6.07, 6.45) is 11.6. The first-order valence-electron chi connectivity index (χ1n) is 11.9. The van der Waals surface area contributed by atoms with Crippen LogP contribution in [0.15, 0.2) is 23.3 Å². The predicted molar refractivity (Wildman–Crippen MR) is 116 cm³/mol. The second kappa shape index (κ2) is 7.76. The average molecular weight is 413 g/mol. The Labute approximate surface area is 180 Å².